The van der Waals surface area contributed by atoms with Gasteiger partial charge in [-0.05, 0) is 86.5 Å². The van der Waals surface area contributed by atoms with Crippen molar-refractivity contribution in [2.24, 2.45) is 29.1 Å². The maximum absolute atomic E-state index is 11.8. The molecule has 6 atom stereocenters. The van der Waals surface area contributed by atoms with E-state index in [0.717, 1.165) is 25.7 Å². The summed E-state index contributed by atoms with van der Waals surface area (Å²) in [4.78, 5) is 11.8. The molecule has 4 rings (SSSR count). The van der Waals surface area contributed by atoms with Gasteiger partial charge in [0.2, 0.25) is 0 Å². The molecule has 3 fully saturated rings. The van der Waals surface area contributed by atoms with Crippen LogP contribution in [-0.4, -0.2) is 16.5 Å². The third kappa shape index (κ3) is 1.85. The SMILES string of the molecule is [2H]C([2H])([2H])C([2H])([2H])[C@@]1(O)CC[C@@H]2[C@H]3CCC4=CC(=O)CC[C@H]4[C@@H]3CC[C@]21C. The van der Waals surface area contributed by atoms with Crippen LogP contribution in [0.5, 0.6) is 0 Å². The van der Waals surface area contributed by atoms with Gasteiger partial charge in [0.05, 0.1) is 5.60 Å². The van der Waals surface area contributed by atoms with Gasteiger partial charge in [-0.2, -0.15) is 0 Å². The number of fused-ring (bicyclic) bond motifs is 5. The van der Waals surface area contributed by atoms with Crippen LogP contribution in [-0.2, 0) is 4.79 Å². The molecule has 22 heavy (non-hydrogen) atoms. The molecule has 122 valence electrons. The summed E-state index contributed by atoms with van der Waals surface area (Å²) in [5.74, 6) is 1.70. The van der Waals surface area contributed by atoms with E-state index >= 15 is 0 Å². The van der Waals surface area contributed by atoms with Gasteiger partial charge in [0.15, 0.2) is 5.78 Å². The van der Waals surface area contributed by atoms with Crippen LogP contribution in [0.1, 0.15) is 78.4 Å². The molecule has 0 saturated heterocycles. The Morgan fingerprint density at radius 3 is 2.95 bits per heavy atom. The summed E-state index contributed by atoms with van der Waals surface area (Å²) in [5, 5.41) is 11.5. The van der Waals surface area contributed by atoms with Gasteiger partial charge in [0.25, 0.3) is 0 Å². The summed E-state index contributed by atoms with van der Waals surface area (Å²) in [6.07, 6.45) is 5.09. The highest BCUT2D eigenvalue weighted by Crippen LogP contribution is 2.65. The summed E-state index contributed by atoms with van der Waals surface area (Å²) in [6, 6.07) is 0. The molecule has 0 radical (unpaired) electrons. The number of hydrogen-bond donors (Lipinski definition) is 1. The van der Waals surface area contributed by atoms with Crippen LogP contribution in [0.3, 0.4) is 0 Å². The third-order valence-corrected chi connectivity index (χ3v) is 7.66. The average molecular weight is 307 g/mol. The number of carbonyl (C=O) groups excluding carboxylic acids is 1. The number of aliphatic hydroxyl groups is 1. The van der Waals surface area contributed by atoms with Gasteiger partial charge in [-0.15, -0.1) is 0 Å². The molecule has 0 aromatic rings. The highest BCUT2D eigenvalue weighted by molar-refractivity contribution is 5.91. The number of allylic oxidation sites excluding steroid dienone is 1. The zero-order valence-corrected chi connectivity index (χ0v) is 13.4. The maximum atomic E-state index is 11.8. The number of rotatable bonds is 1. The van der Waals surface area contributed by atoms with Gasteiger partial charge in [-0.25, -0.2) is 0 Å². The molecule has 0 spiro atoms. The van der Waals surface area contributed by atoms with Crippen molar-refractivity contribution in [3.8, 4) is 0 Å². The second-order valence-electron chi connectivity index (χ2n) is 8.28. The van der Waals surface area contributed by atoms with Crippen molar-refractivity contribution in [3.63, 3.8) is 0 Å². The Hall–Kier alpha value is -0.630. The number of carbonyl (C=O) groups is 1. The predicted molar refractivity (Wildman–Crippen MR) is 87.3 cm³/mol. The van der Waals surface area contributed by atoms with Crippen LogP contribution in [0, 0.1) is 29.1 Å². The molecule has 0 aromatic carbocycles. The maximum Gasteiger partial charge on any atom is 0.155 e. The standard InChI is InChI=1S/C20H30O2/c1-3-20(22)11-9-18-17-6-4-13-12-14(21)5-7-15(13)16(17)8-10-19(18,20)2/h12,15-18,22H,3-11H2,1-2H3/t15-,16+,17+,18-,19-,20-/m1/s1/i1D3,3D2. The Kier molecular flexibility index (Phi) is 2.30. The Morgan fingerprint density at radius 1 is 1.27 bits per heavy atom. The average Bonchev–Trinajstić information content (AvgIpc) is 2.86. The summed E-state index contributed by atoms with van der Waals surface area (Å²) in [6.45, 7) is -0.914. The molecule has 0 aromatic heterocycles. The zero-order valence-electron chi connectivity index (χ0n) is 18.4. The normalized spacial score (nSPS) is 55.5. The molecule has 0 aliphatic heterocycles. The van der Waals surface area contributed by atoms with E-state index in [4.69, 9.17) is 6.85 Å². The van der Waals surface area contributed by atoms with Crippen molar-refractivity contribution in [2.45, 2.75) is 77.1 Å². The highest BCUT2D eigenvalue weighted by Gasteiger charge is 2.61. The van der Waals surface area contributed by atoms with Crippen LogP contribution in [0.2, 0.25) is 0 Å². The van der Waals surface area contributed by atoms with Crippen molar-refractivity contribution in [1.29, 1.82) is 0 Å². The fourth-order valence-electron chi connectivity index (χ4n) is 6.40. The molecule has 4 aliphatic carbocycles. The molecule has 0 amide bonds. The fourth-order valence-corrected chi connectivity index (χ4v) is 6.40. The quantitative estimate of drug-likeness (QED) is 0.785. The largest absolute Gasteiger partial charge is 0.389 e. The van der Waals surface area contributed by atoms with Crippen molar-refractivity contribution < 1.29 is 16.8 Å². The Bertz CT molecular complexity index is 684. The minimum atomic E-state index is -2.84. The lowest BCUT2D eigenvalue weighted by Gasteiger charge is -2.55. The zero-order chi connectivity index (χ0) is 19.8. The summed E-state index contributed by atoms with van der Waals surface area (Å²) in [7, 11) is 0. The van der Waals surface area contributed by atoms with Crippen molar-refractivity contribution in [1.82, 2.24) is 0 Å². The first-order valence-corrected chi connectivity index (χ1v) is 8.88. The topological polar surface area (TPSA) is 37.3 Å². The summed E-state index contributed by atoms with van der Waals surface area (Å²) in [5.41, 5.74) is -1.24. The van der Waals surface area contributed by atoms with Crippen molar-refractivity contribution in [2.75, 3.05) is 0 Å². The minimum absolute atomic E-state index is 0.151. The van der Waals surface area contributed by atoms with Gasteiger partial charge in [0.1, 0.15) is 0 Å². The second-order valence-corrected chi connectivity index (χ2v) is 8.28. The first kappa shape index (κ1) is 10.3. The molecule has 3 saturated carbocycles. The van der Waals surface area contributed by atoms with Gasteiger partial charge < -0.3 is 5.11 Å². The molecule has 0 heterocycles. The van der Waals surface area contributed by atoms with E-state index in [0.29, 0.717) is 37.0 Å². The monoisotopic (exact) mass is 307 g/mol. The molecule has 4 aliphatic rings. The highest BCUT2D eigenvalue weighted by atomic mass is 16.3. The van der Waals surface area contributed by atoms with Crippen LogP contribution in [0.25, 0.3) is 0 Å². The van der Waals surface area contributed by atoms with Gasteiger partial charge >= 0.3 is 0 Å². The van der Waals surface area contributed by atoms with Crippen LogP contribution < -0.4 is 0 Å². The van der Waals surface area contributed by atoms with E-state index in [-0.39, 0.29) is 18.1 Å². The number of ketones is 1. The predicted octanol–water partition coefficient (Wildman–Crippen LogP) is 4.27. The Balaban J connectivity index is 1.66. The number of hydrogen-bond acceptors (Lipinski definition) is 2. The van der Waals surface area contributed by atoms with E-state index in [1.54, 1.807) is 0 Å². The molecular formula is C20H30O2. The Morgan fingerprint density at radius 2 is 2.14 bits per heavy atom. The van der Waals surface area contributed by atoms with Gasteiger partial charge in [0, 0.05) is 13.3 Å². The summed E-state index contributed by atoms with van der Waals surface area (Å²) >= 11 is 0. The van der Waals surface area contributed by atoms with E-state index in [2.05, 4.69) is 0 Å². The van der Waals surface area contributed by atoms with Crippen LogP contribution in [0.15, 0.2) is 11.6 Å². The molecule has 0 unspecified atom stereocenters. The molecule has 2 heteroatoms. The summed E-state index contributed by atoms with van der Waals surface area (Å²) < 4.78 is 39.8. The molecule has 2 nitrogen and oxygen atoms in total. The van der Waals surface area contributed by atoms with E-state index < -0.39 is 24.2 Å². The second kappa shape index (κ2) is 4.93. The van der Waals surface area contributed by atoms with Crippen LogP contribution in [0.4, 0.5) is 0 Å². The Labute approximate surface area is 141 Å². The lowest BCUT2D eigenvalue weighted by molar-refractivity contribution is -0.122. The lowest BCUT2D eigenvalue weighted by Crippen LogP contribution is -2.52. The third-order valence-electron chi connectivity index (χ3n) is 7.66. The van der Waals surface area contributed by atoms with E-state index in [9.17, 15) is 9.90 Å². The van der Waals surface area contributed by atoms with Gasteiger partial charge in [-0.1, -0.05) is 19.3 Å². The molecule has 1 N–H and O–H groups in total. The van der Waals surface area contributed by atoms with E-state index in [1.165, 1.54) is 5.57 Å². The van der Waals surface area contributed by atoms with Gasteiger partial charge in [-0.3, -0.25) is 4.79 Å². The first-order valence-electron chi connectivity index (χ1n) is 11.4. The van der Waals surface area contributed by atoms with Crippen LogP contribution >= 0.6 is 0 Å². The fraction of sp³-hybridized carbons (Fsp3) is 0.850. The lowest BCUT2D eigenvalue weighted by atomic mass is 9.50. The first-order chi connectivity index (χ1) is 12.4. The minimum Gasteiger partial charge on any atom is -0.389 e. The van der Waals surface area contributed by atoms with Crippen molar-refractivity contribution in [3.05, 3.63) is 11.6 Å². The molecule has 0 bridgehead atoms. The smallest absolute Gasteiger partial charge is 0.155 e. The van der Waals surface area contributed by atoms with E-state index in [1.807, 2.05) is 13.0 Å². The van der Waals surface area contributed by atoms with Crippen molar-refractivity contribution >= 4 is 5.78 Å². The molecular weight excluding hydrogens is 272 g/mol.